The van der Waals surface area contributed by atoms with Crippen molar-refractivity contribution in [1.29, 1.82) is 5.26 Å². The monoisotopic (exact) mass is 439 g/mol. The molecule has 7 nitrogen and oxygen atoms in total. The number of nitriles is 1. The Morgan fingerprint density at radius 3 is 2.97 bits per heavy atom. The molecule has 0 unspecified atom stereocenters. The first-order chi connectivity index (χ1) is 14.6. The third kappa shape index (κ3) is 4.20. The van der Waals surface area contributed by atoms with Crippen molar-refractivity contribution < 1.29 is 9.53 Å². The number of rotatable bonds is 6. The molecule has 0 bridgehead atoms. The number of hydrogen-bond donors (Lipinski definition) is 1. The molecule has 0 fully saturated rings. The van der Waals surface area contributed by atoms with E-state index in [0.717, 1.165) is 36.3 Å². The van der Waals surface area contributed by atoms with E-state index in [9.17, 15) is 10.1 Å². The van der Waals surface area contributed by atoms with Crippen LogP contribution >= 0.6 is 23.1 Å². The molecule has 1 amide bonds. The maximum Gasteiger partial charge on any atom is 0.235 e. The van der Waals surface area contributed by atoms with Crippen LogP contribution in [0.3, 0.4) is 0 Å². The third-order valence-electron chi connectivity index (χ3n) is 5.08. The SMILES string of the molecule is COc1ccc(-n2cnnc2SCC(=O)Nc2sc3c(c2C#N)CC[C@H](C)C3)cc1. The molecule has 3 aromatic rings. The highest BCUT2D eigenvalue weighted by molar-refractivity contribution is 7.99. The highest BCUT2D eigenvalue weighted by Gasteiger charge is 2.24. The summed E-state index contributed by atoms with van der Waals surface area (Å²) in [5.74, 6) is 1.40. The Balaban J connectivity index is 1.43. The Bertz CT molecular complexity index is 1100. The highest BCUT2D eigenvalue weighted by Crippen LogP contribution is 2.39. The van der Waals surface area contributed by atoms with E-state index in [4.69, 9.17) is 4.74 Å². The summed E-state index contributed by atoms with van der Waals surface area (Å²) in [6.07, 6.45) is 4.59. The minimum Gasteiger partial charge on any atom is -0.497 e. The van der Waals surface area contributed by atoms with E-state index in [1.54, 1.807) is 13.4 Å². The van der Waals surface area contributed by atoms with Gasteiger partial charge in [0.25, 0.3) is 0 Å². The van der Waals surface area contributed by atoms with Crippen molar-refractivity contribution in [2.75, 3.05) is 18.2 Å². The van der Waals surface area contributed by atoms with Crippen molar-refractivity contribution in [1.82, 2.24) is 14.8 Å². The number of thioether (sulfide) groups is 1. The van der Waals surface area contributed by atoms with Crippen LogP contribution in [-0.2, 0) is 17.6 Å². The molecule has 0 aliphatic heterocycles. The Morgan fingerprint density at radius 1 is 1.43 bits per heavy atom. The summed E-state index contributed by atoms with van der Waals surface area (Å²) in [5, 5.41) is 21.9. The van der Waals surface area contributed by atoms with E-state index in [-0.39, 0.29) is 11.7 Å². The molecular formula is C21H21N5O2S2. The van der Waals surface area contributed by atoms with Gasteiger partial charge in [0.1, 0.15) is 23.1 Å². The molecule has 0 saturated heterocycles. The third-order valence-corrected chi connectivity index (χ3v) is 7.19. The summed E-state index contributed by atoms with van der Waals surface area (Å²) in [5.41, 5.74) is 2.62. The predicted molar refractivity (Wildman–Crippen MR) is 117 cm³/mol. The number of benzene rings is 1. The summed E-state index contributed by atoms with van der Waals surface area (Å²) >= 11 is 2.84. The first-order valence-electron chi connectivity index (χ1n) is 9.60. The summed E-state index contributed by atoms with van der Waals surface area (Å²) in [6.45, 7) is 2.22. The number of nitrogens with one attached hydrogen (secondary N) is 1. The molecule has 1 aliphatic rings. The quantitative estimate of drug-likeness (QED) is 0.582. The van der Waals surface area contributed by atoms with E-state index in [0.29, 0.717) is 21.6 Å². The van der Waals surface area contributed by atoms with Gasteiger partial charge in [0.15, 0.2) is 5.16 Å². The second kappa shape index (κ2) is 8.90. The number of methoxy groups -OCH3 is 1. The Kier molecular flexibility index (Phi) is 6.06. The normalized spacial score (nSPS) is 15.3. The summed E-state index contributed by atoms with van der Waals surface area (Å²) in [7, 11) is 1.62. The van der Waals surface area contributed by atoms with Gasteiger partial charge in [-0.2, -0.15) is 5.26 Å². The molecule has 0 saturated carbocycles. The van der Waals surface area contributed by atoms with Crippen molar-refractivity contribution in [2.24, 2.45) is 5.92 Å². The van der Waals surface area contributed by atoms with E-state index < -0.39 is 0 Å². The van der Waals surface area contributed by atoms with E-state index >= 15 is 0 Å². The number of carbonyl (C=O) groups is 1. The number of carbonyl (C=O) groups excluding carboxylic acids is 1. The van der Waals surface area contributed by atoms with Gasteiger partial charge in [-0.1, -0.05) is 18.7 Å². The molecular weight excluding hydrogens is 418 g/mol. The smallest absolute Gasteiger partial charge is 0.235 e. The molecule has 1 aromatic carbocycles. The van der Waals surface area contributed by atoms with Crippen LogP contribution in [0.1, 0.15) is 29.3 Å². The molecule has 1 atom stereocenters. The molecule has 1 aliphatic carbocycles. The second-order valence-electron chi connectivity index (χ2n) is 7.19. The van der Waals surface area contributed by atoms with Crippen LogP contribution in [0, 0.1) is 17.2 Å². The van der Waals surface area contributed by atoms with Gasteiger partial charge in [0.2, 0.25) is 5.91 Å². The van der Waals surface area contributed by atoms with Crippen LogP contribution in [0.5, 0.6) is 5.75 Å². The fourth-order valence-corrected chi connectivity index (χ4v) is 5.60. The number of hydrogen-bond acceptors (Lipinski definition) is 7. The predicted octanol–water partition coefficient (Wildman–Crippen LogP) is 4.06. The summed E-state index contributed by atoms with van der Waals surface area (Å²) < 4.78 is 7.01. The minimum absolute atomic E-state index is 0.160. The van der Waals surface area contributed by atoms with Crippen LogP contribution in [-0.4, -0.2) is 33.5 Å². The standard InChI is InChI=1S/C21H21N5O2S2/c1-13-3-8-16-17(10-22)20(30-18(16)9-13)24-19(27)11-29-21-25-23-12-26(21)14-4-6-15(28-2)7-5-14/h4-7,12-13H,3,8-9,11H2,1-2H3,(H,24,27)/t13-/m0/s1. The minimum atomic E-state index is -0.160. The Labute approximate surface area is 183 Å². The molecule has 30 heavy (non-hydrogen) atoms. The molecule has 1 N–H and O–H groups in total. The van der Waals surface area contributed by atoms with Gasteiger partial charge >= 0.3 is 0 Å². The Morgan fingerprint density at radius 2 is 2.23 bits per heavy atom. The number of amides is 1. The fourth-order valence-electron chi connectivity index (χ4n) is 3.49. The van der Waals surface area contributed by atoms with Crippen LogP contribution in [0.4, 0.5) is 5.00 Å². The highest BCUT2D eigenvalue weighted by atomic mass is 32.2. The van der Waals surface area contributed by atoms with Crippen LogP contribution in [0.25, 0.3) is 5.69 Å². The van der Waals surface area contributed by atoms with Gasteiger partial charge < -0.3 is 10.1 Å². The van der Waals surface area contributed by atoms with Crippen LogP contribution in [0.15, 0.2) is 35.7 Å². The zero-order valence-corrected chi connectivity index (χ0v) is 18.3. The average Bonchev–Trinajstić information content (AvgIpc) is 3.35. The number of aromatic nitrogens is 3. The molecule has 4 rings (SSSR count). The second-order valence-corrected chi connectivity index (χ2v) is 9.23. The van der Waals surface area contributed by atoms with Gasteiger partial charge in [0.05, 0.1) is 18.4 Å². The van der Waals surface area contributed by atoms with Gasteiger partial charge in [-0.15, -0.1) is 21.5 Å². The first-order valence-corrected chi connectivity index (χ1v) is 11.4. The molecule has 2 heterocycles. The van der Waals surface area contributed by atoms with Crippen molar-refractivity contribution in [2.45, 2.75) is 31.3 Å². The lowest BCUT2D eigenvalue weighted by molar-refractivity contribution is -0.113. The van der Waals surface area contributed by atoms with E-state index in [2.05, 4.69) is 28.5 Å². The number of thiophene rings is 1. The summed E-state index contributed by atoms with van der Waals surface area (Å²) in [6, 6.07) is 9.82. The van der Waals surface area contributed by atoms with Gasteiger partial charge in [-0.05, 0) is 55.0 Å². The number of nitrogens with zero attached hydrogens (tertiary/aromatic N) is 4. The van der Waals surface area contributed by atoms with E-state index in [1.807, 2.05) is 28.8 Å². The maximum absolute atomic E-state index is 12.6. The maximum atomic E-state index is 12.6. The van der Waals surface area contributed by atoms with Crippen LogP contribution < -0.4 is 10.1 Å². The first kappa shape index (κ1) is 20.4. The Hall–Kier alpha value is -2.83. The van der Waals surface area contributed by atoms with Gasteiger partial charge in [-0.3, -0.25) is 9.36 Å². The largest absolute Gasteiger partial charge is 0.497 e. The average molecular weight is 440 g/mol. The lowest BCUT2D eigenvalue weighted by Gasteiger charge is -2.17. The van der Waals surface area contributed by atoms with Gasteiger partial charge in [-0.25, -0.2) is 0 Å². The molecule has 0 spiro atoms. The van der Waals surface area contributed by atoms with Crippen molar-refractivity contribution >= 4 is 34.0 Å². The van der Waals surface area contributed by atoms with Crippen molar-refractivity contribution in [3.05, 3.63) is 46.6 Å². The topological polar surface area (TPSA) is 92.8 Å². The number of anilines is 1. The van der Waals surface area contributed by atoms with Crippen molar-refractivity contribution in [3.63, 3.8) is 0 Å². The number of fused-ring (bicyclic) bond motifs is 1. The summed E-state index contributed by atoms with van der Waals surface area (Å²) in [4.78, 5) is 13.8. The fraction of sp³-hybridized carbons (Fsp3) is 0.333. The van der Waals surface area contributed by atoms with Crippen LogP contribution in [0.2, 0.25) is 0 Å². The zero-order valence-electron chi connectivity index (χ0n) is 16.7. The van der Waals surface area contributed by atoms with E-state index in [1.165, 1.54) is 28.0 Å². The van der Waals surface area contributed by atoms with Gasteiger partial charge in [0, 0.05) is 10.6 Å². The number of ether oxygens (including phenoxy) is 1. The molecule has 2 aromatic heterocycles. The lowest BCUT2D eigenvalue weighted by atomic mass is 9.89. The lowest BCUT2D eigenvalue weighted by Crippen LogP contribution is -2.14. The molecule has 154 valence electrons. The van der Waals surface area contributed by atoms with Crippen molar-refractivity contribution in [3.8, 4) is 17.5 Å². The zero-order chi connectivity index (χ0) is 21.1. The molecule has 0 radical (unpaired) electrons. The molecule has 9 heteroatoms.